The molecular formula is C24H34O. The molecule has 0 N–H and O–H groups in total. The van der Waals surface area contributed by atoms with E-state index in [-0.39, 0.29) is 11.2 Å². The largest absolute Gasteiger partial charge is 0.360 e. The van der Waals surface area contributed by atoms with Crippen LogP contribution in [0.1, 0.15) is 89.5 Å². The van der Waals surface area contributed by atoms with Gasteiger partial charge in [0.05, 0.1) is 11.2 Å². The predicted molar refractivity (Wildman–Crippen MR) is 108 cm³/mol. The van der Waals surface area contributed by atoms with Gasteiger partial charge in [0.25, 0.3) is 0 Å². The van der Waals surface area contributed by atoms with Gasteiger partial charge >= 0.3 is 0 Å². The summed E-state index contributed by atoms with van der Waals surface area (Å²) < 4.78 is 6.78. The zero-order valence-corrected chi connectivity index (χ0v) is 17.2. The summed E-state index contributed by atoms with van der Waals surface area (Å²) in [5.74, 6) is 0.954. The highest BCUT2D eigenvalue weighted by Crippen LogP contribution is 2.40. The van der Waals surface area contributed by atoms with E-state index in [1.807, 2.05) is 0 Å². The van der Waals surface area contributed by atoms with Crippen LogP contribution in [0.4, 0.5) is 0 Å². The lowest BCUT2D eigenvalue weighted by Gasteiger charge is -2.39. The number of benzene rings is 2. The van der Waals surface area contributed by atoms with Crippen molar-refractivity contribution in [3.05, 3.63) is 70.8 Å². The Bertz CT molecular complexity index is 646. The Kier molecular flexibility index (Phi) is 5.79. The van der Waals surface area contributed by atoms with Crippen molar-refractivity contribution in [3.63, 3.8) is 0 Å². The van der Waals surface area contributed by atoms with Gasteiger partial charge in [0.1, 0.15) is 0 Å². The van der Waals surface area contributed by atoms with Crippen LogP contribution in [0.2, 0.25) is 0 Å². The van der Waals surface area contributed by atoms with Gasteiger partial charge in [0, 0.05) is 0 Å². The van der Waals surface area contributed by atoms with E-state index in [4.69, 9.17) is 4.74 Å². The molecule has 0 radical (unpaired) electrons. The second kappa shape index (κ2) is 7.33. The summed E-state index contributed by atoms with van der Waals surface area (Å²) in [6.07, 6.45) is 0. The second-order valence-electron chi connectivity index (χ2n) is 8.61. The first kappa shape index (κ1) is 19.7. The molecule has 0 saturated carbocycles. The van der Waals surface area contributed by atoms with Crippen molar-refractivity contribution in [3.8, 4) is 0 Å². The number of hydrogen-bond donors (Lipinski definition) is 0. The van der Waals surface area contributed by atoms with Gasteiger partial charge in [-0.1, -0.05) is 76.2 Å². The van der Waals surface area contributed by atoms with E-state index in [2.05, 4.69) is 104 Å². The first-order chi connectivity index (χ1) is 11.6. The van der Waals surface area contributed by atoms with Gasteiger partial charge in [-0.3, -0.25) is 0 Å². The molecule has 0 bridgehead atoms. The molecule has 0 aliphatic heterocycles. The van der Waals surface area contributed by atoms with Crippen molar-refractivity contribution in [1.82, 2.24) is 0 Å². The van der Waals surface area contributed by atoms with E-state index >= 15 is 0 Å². The normalized spacial score (nSPS) is 12.9. The fraction of sp³-hybridized carbons (Fsp3) is 0.500. The quantitative estimate of drug-likeness (QED) is 0.545. The van der Waals surface area contributed by atoms with Crippen LogP contribution in [-0.4, -0.2) is 0 Å². The van der Waals surface area contributed by atoms with Gasteiger partial charge in [0.2, 0.25) is 0 Å². The highest BCUT2D eigenvalue weighted by molar-refractivity contribution is 5.36. The molecule has 0 aliphatic rings. The van der Waals surface area contributed by atoms with Gasteiger partial charge in [-0.15, -0.1) is 0 Å². The minimum Gasteiger partial charge on any atom is -0.360 e. The molecule has 0 fully saturated rings. The molecule has 1 heteroatoms. The molecule has 0 aliphatic carbocycles. The maximum Gasteiger partial charge on any atom is 0.0889 e. The zero-order valence-electron chi connectivity index (χ0n) is 17.2. The Balaban J connectivity index is 2.43. The fourth-order valence-corrected chi connectivity index (χ4v) is 3.85. The number of ether oxygens (including phenoxy) is 1. The first-order valence-electron chi connectivity index (χ1n) is 9.45. The van der Waals surface area contributed by atoms with Gasteiger partial charge in [-0.25, -0.2) is 0 Å². The highest BCUT2D eigenvalue weighted by Gasteiger charge is 2.35. The van der Waals surface area contributed by atoms with E-state index < -0.39 is 0 Å². The minimum atomic E-state index is -0.367. The lowest BCUT2D eigenvalue weighted by atomic mass is 9.84. The van der Waals surface area contributed by atoms with Crippen molar-refractivity contribution in [2.45, 2.75) is 78.4 Å². The van der Waals surface area contributed by atoms with Crippen LogP contribution in [-0.2, 0) is 15.9 Å². The Labute approximate surface area is 154 Å². The Morgan fingerprint density at radius 1 is 0.600 bits per heavy atom. The molecular weight excluding hydrogens is 304 g/mol. The fourth-order valence-electron chi connectivity index (χ4n) is 3.85. The summed E-state index contributed by atoms with van der Waals surface area (Å²) in [4.78, 5) is 0. The maximum atomic E-state index is 6.78. The molecule has 2 aromatic rings. The third-order valence-corrected chi connectivity index (χ3v) is 4.97. The van der Waals surface area contributed by atoms with Gasteiger partial charge in [0.15, 0.2) is 0 Å². The van der Waals surface area contributed by atoms with Crippen LogP contribution in [0, 0.1) is 0 Å². The topological polar surface area (TPSA) is 9.23 Å². The van der Waals surface area contributed by atoms with E-state index in [1.165, 1.54) is 22.3 Å². The predicted octanol–water partition coefficient (Wildman–Crippen LogP) is 7.12. The summed E-state index contributed by atoms with van der Waals surface area (Å²) >= 11 is 0. The second-order valence-corrected chi connectivity index (χ2v) is 8.61. The van der Waals surface area contributed by atoms with E-state index in [0.29, 0.717) is 11.8 Å². The van der Waals surface area contributed by atoms with Gasteiger partial charge in [-0.05, 0) is 61.8 Å². The summed E-state index contributed by atoms with van der Waals surface area (Å²) in [6.45, 7) is 17.7. The van der Waals surface area contributed by atoms with E-state index in [0.717, 1.165) is 0 Å². The summed E-state index contributed by atoms with van der Waals surface area (Å²) in [5, 5.41) is 0. The van der Waals surface area contributed by atoms with Crippen molar-refractivity contribution < 1.29 is 4.74 Å². The van der Waals surface area contributed by atoms with Crippen LogP contribution in [0.15, 0.2) is 48.5 Å². The Morgan fingerprint density at radius 2 is 0.920 bits per heavy atom. The van der Waals surface area contributed by atoms with Crippen molar-refractivity contribution in [2.24, 2.45) is 0 Å². The van der Waals surface area contributed by atoms with E-state index in [1.54, 1.807) is 0 Å². The molecule has 0 aromatic heterocycles. The highest BCUT2D eigenvalue weighted by atomic mass is 16.5. The van der Waals surface area contributed by atoms with Crippen LogP contribution in [0.5, 0.6) is 0 Å². The molecule has 0 heterocycles. The lowest BCUT2D eigenvalue weighted by Crippen LogP contribution is -2.35. The molecule has 136 valence electrons. The van der Waals surface area contributed by atoms with Crippen LogP contribution in [0.25, 0.3) is 0 Å². The van der Waals surface area contributed by atoms with Gasteiger partial charge < -0.3 is 4.74 Å². The lowest BCUT2D eigenvalue weighted by molar-refractivity contribution is -0.133. The van der Waals surface area contributed by atoms with Crippen LogP contribution >= 0.6 is 0 Å². The SMILES string of the molecule is CC(C)c1ccccc1C(C)(C)OC(C)(C)c1ccccc1C(C)C. The minimum absolute atomic E-state index is 0.367. The van der Waals surface area contributed by atoms with Crippen molar-refractivity contribution in [2.75, 3.05) is 0 Å². The standard InChI is InChI=1S/C24H34O/c1-17(2)19-13-9-11-15-21(19)23(5,6)25-24(7,8)22-16-12-10-14-20(22)18(3)4/h9-18H,1-8H3. The Morgan fingerprint density at radius 3 is 1.24 bits per heavy atom. The third-order valence-electron chi connectivity index (χ3n) is 4.97. The maximum absolute atomic E-state index is 6.78. The number of hydrogen-bond acceptors (Lipinski definition) is 1. The molecule has 2 aromatic carbocycles. The molecule has 0 amide bonds. The molecule has 2 rings (SSSR count). The third kappa shape index (κ3) is 4.33. The molecule has 0 saturated heterocycles. The molecule has 0 spiro atoms. The number of rotatable bonds is 6. The molecule has 1 nitrogen and oxygen atoms in total. The zero-order chi connectivity index (χ0) is 18.8. The molecule has 0 unspecified atom stereocenters. The molecule has 0 atom stereocenters. The monoisotopic (exact) mass is 338 g/mol. The van der Waals surface area contributed by atoms with Gasteiger partial charge in [-0.2, -0.15) is 0 Å². The molecule has 25 heavy (non-hydrogen) atoms. The van der Waals surface area contributed by atoms with E-state index in [9.17, 15) is 0 Å². The van der Waals surface area contributed by atoms with Crippen LogP contribution in [0.3, 0.4) is 0 Å². The van der Waals surface area contributed by atoms with Crippen molar-refractivity contribution >= 4 is 0 Å². The summed E-state index contributed by atoms with van der Waals surface area (Å²) in [5.41, 5.74) is 4.55. The Hall–Kier alpha value is -1.60. The summed E-state index contributed by atoms with van der Waals surface area (Å²) in [6, 6.07) is 17.3. The van der Waals surface area contributed by atoms with Crippen molar-refractivity contribution in [1.29, 1.82) is 0 Å². The average Bonchev–Trinajstić information content (AvgIpc) is 2.54. The first-order valence-corrected chi connectivity index (χ1v) is 9.45. The average molecular weight is 339 g/mol. The smallest absolute Gasteiger partial charge is 0.0889 e. The van der Waals surface area contributed by atoms with Crippen LogP contribution < -0.4 is 0 Å². The summed E-state index contributed by atoms with van der Waals surface area (Å²) in [7, 11) is 0.